The molecule has 2 nitrogen and oxygen atoms in total. The molecule has 1 amide bonds. The van der Waals surface area contributed by atoms with E-state index in [0.29, 0.717) is 28.9 Å². The molecule has 3 rings (SSSR count). The minimum atomic E-state index is 0.192. The molecule has 0 aromatic heterocycles. The number of carbonyl (C=O) groups excluding carboxylic acids is 1. The number of rotatable bonds is 5. The van der Waals surface area contributed by atoms with Crippen molar-refractivity contribution in [2.75, 3.05) is 6.54 Å². The number of hydrogen-bond donors (Lipinski definition) is 1. The third-order valence-electron chi connectivity index (χ3n) is 5.06. The normalized spacial score (nSPS) is 27.0. The van der Waals surface area contributed by atoms with E-state index in [-0.39, 0.29) is 5.91 Å². The second kappa shape index (κ2) is 6.58. The van der Waals surface area contributed by atoms with Gasteiger partial charge in [-0.25, -0.2) is 0 Å². The van der Waals surface area contributed by atoms with Crippen LogP contribution >= 0.6 is 23.2 Å². The van der Waals surface area contributed by atoms with Crippen LogP contribution in [0.15, 0.2) is 18.2 Å². The van der Waals surface area contributed by atoms with E-state index in [4.69, 9.17) is 23.2 Å². The number of benzene rings is 1. The van der Waals surface area contributed by atoms with Crippen molar-refractivity contribution in [3.05, 3.63) is 33.8 Å². The minimum Gasteiger partial charge on any atom is -0.356 e. The van der Waals surface area contributed by atoms with Crippen molar-refractivity contribution in [3.63, 3.8) is 0 Å². The summed E-state index contributed by atoms with van der Waals surface area (Å²) in [6.45, 7) is 0.640. The fourth-order valence-electron chi connectivity index (χ4n) is 4.00. The van der Waals surface area contributed by atoms with Crippen LogP contribution in [-0.4, -0.2) is 12.5 Å². The summed E-state index contributed by atoms with van der Waals surface area (Å²) in [5.74, 6) is 2.53. The fraction of sp³-hybridized carbons (Fsp3) is 0.588. The highest BCUT2D eigenvalue weighted by molar-refractivity contribution is 6.35. The summed E-state index contributed by atoms with van der Waals surface area (Å²) in [5, 5.41) is 4.34. The largest absolute Gasteiger partial charge is 0.356 e. The van der Waals surface area contributed by atoms with E-state index in [1.165, 1.54) is 25.7 Å². The molecule has 21 heavy (non-hydrogen) atoms. The predicted octanol–water partition coefficient (Wildman–Crippen LogP) is 4.48. The molecule has 3 atom stereocenters. The van der Waals surface area contributed by atoms with E-state index in [1.807, 2.05) is 12.1 Å². The van der Waals surface area contributed by atoms with Gasteiger partial charge in [-0.15, -0.1) is 0 Å². The van der Waals surface area contributed by atoms with Crippen LogP contribution in [0.1, 0.15) is 37.7 Å². The number of carbonyl (C=O) groups is 1. The zero-order chi connectivity index (χ0) is 14.8. The first-order valence-electron chi connectivity index (χ1n) is 7.82. The average molecular weight is 326 g/mol. The molecule has 2 aliphatic rings. The summed E-state index contributed by atoms with van der Waals surface area (Å²) in [5.41, 5.74) is 1.03. The first-order chi connectivity index (χ1) is 10.1. The molecule has 0 saturated heterocycles. The standard InChI is InChI=1S/C17H21Cl2NO/c18-15-4-3-12(16(19)10-15)5-6-20-17(21)9-14-8-11-1-2-13(14)7-11/h3-4,10-11,13-14H,1-2,5-9H2,(H,20,21)/t11-,13+,14+/m0/s1. The molecule has 2 aliphatic carbocycles. The highest BCUT2D eigenvalue weighted by atomic mass is 35.5. The highest BCUT2D eigenvalue weighted by Crippen LogP contribution is 2.49. The Balaban J connectivity index is 1.42. The summed E-state index contributed by atoms with van der Waals surface area (Å²) in [4.78, 5) is 12.0. The Morgan fingerprint density at radius 1 is 1.24 bits per heavy atom. The highest BCUT2D eigenvalue weighted by Gasteiger charge is 2.39. The first kappa shape index (κ1) is 15.2. The molecular formula is C17H21Cl2NO. The maximum atomic E-state index is 12.0. The van der Waals surface area contributed by atoms with E-state index in [1.54, 1.807) is 6.07 Å². The third kappa shape index (κ3) is 3.73. The zero-order valence-electron chi connectivity index (χ0n) is 12.1. The van der Waals surface area contributed by atoms with Gasteiger partial charge >= 0.3 is 0 Å². The summed E-state index contributed by atoms with van der Waals surface area (Å²) in [6, 6.07) is 5.50. The molecule has 0 spiro atoms. The molecule has 2 fully saturated rings. The van der Waals surface area contributed by atoms with Gasteiger partial charge in [-0.05, 0) is 61.1 Å². The number of amides is 1. The molecule has 0 unspecified atom stereocenters. The third-order valence-corrected chi connectivity index (χ3v) is 5.65. The van der Waals surface area contributed by atoms with Crippen molar-refractivity contribution < 1.29 is 4.79 Å². The van der Waals surface area contributed by atoms with E-state index in [0.717, 1.165) is 23.8 Å². The van der Waals surface area contributed by atoms with Crippen molar-refractivity contribution in [2.24, 2.45) is 17.8 Å². The molecular weight excluding hydrogens is 305 g/mol. The second-order valence-electron chi connectivity index (χ2n) is 6.47. The molecule has 1 N–H and O–H groups in total. The van der Waals surface area contributed by atoms with Crippen LogP contribution in [0.25, 0.3) is 0 Å². The van der Waals surface area contributed by atoms with Crippen molar-refractivity contribution in [2.45, 2.75) is 38.5 Å². The van der Waals surface area contributed by atoms with Crippen molar-refractivity contribution in [3.8, 4) is 0 Å². The maximum Gasteiger partial charge on any atom is 0.220 e. The van der Waals surface area contributed by atoms with Gasteiger partial charge in [0.2, 0.25) is 5.91 Å². The Hall–Kier alpha value is -0.730. The van der Waals surface area contributed by atoms with Crippen molar-refractivity contribution >= 4 is 29.1 Å². The SMILES string of the molecule is O=C(C[C@H]1C[C@H]2CC[C@@H]1C2)NCCc1ccc(Cl)cc1Cl. The smallest absolute Gasteiger partial charge is 0.220 e. The van der Waals surface area contributed by atoms with Gasteiger partial charge in [0.1, 0.15) is 0 Å². The van der Waals surface area contributed by atoms with E-state index >= 15 is 0 Å². The summed E-state index contributed by atoms with van der Waals surface area (Å²) < 4.78 is 0. The summed E-state index contributed by atoms with van der Waals surface area (Å²) in [7, 11) is 0. The van der Waals surface area contributed by atoms with Crippen LogP contribution in [0.5, 0.6) is 0 Å². The minimum absolute atomic E-state index is 0.192. The molecule has 4 heteroatoms. The topological polar surface area (TPSA) is 29.1 Å². The van der Waals surface area contributed by atoms with Gasteiger partial charge in [0, 0.05) is 23.0 Å². The van der Waals surface area contributed by atoms with Gasteiger partial charge < -0.3 is 5.32 Å². The number of hydrogen-bond acceptors (Lipinski definition) is 1. The molecule has 0 aliphatic heterocycles. The van der Waals surface area contributed by atoms with E-state index < -0.39 is 0 Å². The quantitative estimate of drug-likeness (QED) is 0.849. The fourth-order valence-corrected chi connectivity index (χ4v) is 4.50. The summed E-state index contributed by atoms with van der Waals surface area (Å²) >= 11 is 12.0. The van der Waals surface area contributed by atoms with E-state index in [2.05, 4.69) is 5.32 Å². The number of halogens is 2. The molecule has 114 valence electrons. The lowest BCUT2D eigenvalue weighted by molar-refractivity contribution is -0.122. The summed E-state index contributed by atoms with van der Waals surface area (Å²) in [6.07, 6.45) is 6.80. The Labute approximate surface area is 136 Å². The number of fused-ring (bicyclic) bond motifs is 2. The molecule has 1 aromatic rings. The van der Waals surface area contributed by atoms with Gasteiger partial charge in [0.15, 0.2) is 0 Å². The Morgan fingerprint density at radius 3 is 2.76 bits per heavy atom. The Morgan fingerprint density at radius 2 is 2.10 bits per heavy atom. The second-order valence-corrected chi connectivity index (χ2v) is 7.32. The first-order valence-corrected chi connectivity index (χ1v) is 8.58. The van der Waals surface area contributed by atoms with Gasteiger partial charge in [0.05, 0.1) is 0 Å². The predicted molar refractivity (Wildman–Crippen MR) is 86.7 cm³/mol. The van der Waals surface area contributed by atoms with Gasteiger partial charge in [-0.3, -0.25) is 4.79 Å². The maximum absolute atomic E-state index is 12.0. The Kier molecular flexibility index (Phi) is 4.75. The molecule has 2 saturated carbocycles. The lowest BCUT2D eigenvalue weighted by Crippen LogP contribution is -2.29. The van der Waals surface area contributed by atoms with Gasteiger partial charge in [-0.1, -0.05) is 35.7 Å². The van der Waals surface area contributed by atoms with Gasteiger partial charge in [-0.2, -0.15) is 0 Å². The zero-order valence-corrected chi connectivity index (χ0v) is 13.6. The lowest BCUT2D eigenvalue weighted by Gasteiger charge is -2.20. The number of nitrogens with one attached hydrogen (secondary N) is 1. The Bertz CT molecular complexity index is 532. The van der Waals surface area contributed by atoms with Crippen LogP contribution in [0.4, 0.5) is 0 Å². The van der Waals surface area contributed by atoms with Crippen molar-refractivity contribution in [1.82, 2.24) is 5.32 Å². The van der Waals surface area contributed by atoms with Crippen molar-refractivity contribution in [1.29, 1.82) is 0 Å². The van der Waals surface area contributed by atoms with Crippen LogP contribution < -0.4 is 5.32 Å². The van der Waals surface area contributed by atoms with Gasteiger partial charge in [0.25, 0.3) is 0 Å². The van der Waals surface area contributed by atoms with Crippen LogP contribution in [0.2, 0.25) is 10.0 Å². The lowest BCUT2D eigenvalue weighted by atomic mass is 9.86. The van der Waals surface area contributed by atoms with Crippen LogP contribution in [0.3, 0.4) is 0 Å². The molecule has 1 aromatic carbocycles. The van der Waals surface area contributed by atoms with Crippen LogP contribution in [-0.2, 0) is 11.2 Å². The van der Waals surface area contributed by atoms with E-state index in [9.17, 15) is 4.79 Å². The molecule has 0 radical (unpaired) electrons. The average Bonchev–Trinajstić information content (AvgIpc) is 3.03. The molecule has 2 bridgehead atoms. The molecule has 0 heterocycles. The monoisotopic (exact) mass is 325 g/mol. The van der Waals surface area contributed by atoms with Crippen LogP contribution in [0, 0.1) is 17.8 Å².